The van der Waals surface area contributed by atoms with Gasteiger partial charge in [0.05, 0.1) is 16.6 Å². The molecule has 1 unspecified atom stereocenters. The number of aromatic nitrogens is 2. The molecule has 0 bridgehead atoms. The summed E-state index contributed by atoms with van der Waals surface area (Å²) in [5.41, 5.74) is 5.01. The second-order valence-corrected chi connectivity index (χ2v) is 4.66. The zero-order valence-corrected chi connectivity index (χ0v) is 9.94. The first kappa shape index (κ1) is 10.7. The van der Waals surface area contributed by atoms with Crippen LogP contribution in [0.25, 0.3) is 0 Å². The molecule has 6 heteroatoms. The molecule has 80 valence electrons. The Hall–Kier alpha value is -0.820. The van der Waals surface area contributed by atoms with Gasteiger partial charge in [-0.05, 0) is 40.3 Å². The fourth-order valence-corrected chi connectivity index (χ4v) is 2.96. The van der Waals surface area contributed by atoms with Crippen LogP contribution < -0.4 is 11.3 Å². The van der Waals surface area contributed by atoms with Gasteiger partial charge < -0.3 is 0 Å². The molecule has 0 fully saturated rings. The summed E-state index contributed by atoms with van der Waals surface area (Å²) in [5, 5.41) is 8.22. The van der Waals surface area contributed by atoms with E-state index in [-0.39, 0.29) is 6.04 Å². The monoisotopic (exact) mass is 240 g/mol. The molecule has 2 aromatic heterocycles. The Labute approximate surface area is 96.3 Å². The van der Waals surface area contributed by atoms with E-state index in [9.17, 15) is 0 Å². The van der Waals surface area contributed by atoms with E-state index in [1.165, 1.54) is 17.1 Å². The number of nitrogens with one attached hydrogen (secondary N) is 1. The van der Waals surface area contributed by atoms with Crippen molar-refractivity contribution in [1.82, 2.24) is 15.0 Å². The van der Waals surface area contributed by atoms with Crippen molar-refractivity contribution in [2.24, 2.45) is 5.84 Å². The van der Waals surface area contributed by atoms with Crippen molar-refractivity contribution in [3.63, 3.8) is 0 Å². The molecule has 0 saturated carbocycles. The van der Waals surface area contributed by atoms with Crippen LogP contribution in [-0.4, -0.2) is 9.59 Å². The summed E-state index contributed by atoms with van der Waals surface area (Å²) in [6, 6.07) is 2.08. The van der Waals surface area contributed by atoms with E-state index in [0.717, 1.165) is 17.0 Å². The summed E-state index contributed by atoms with van der Waals surface area (Å²) in [5.74, 6) is 5.58. The van der Waals surface area contributed by atoms with E-state index in [1.807, 2.05) is 5.38 Å². The van der Waals surface area contributed by atoms with Crippen LogP contribution in [0, 0.1) is 0 Å². The SMILES string of the molecule is CCc1nnsc1C(NN)c1ccsc1. The van der Waals surface area contributed by atoms with Crippen molar-refractivity contribution in [3.8, 4) is 0 Å². The maximum absolute atomic E-state index is 5.58. The second kappa shape index (κ2) is 4.80. The summed E-state index contributed by atoms with van der Waals surface area (Å²) < 4.78 is 3.97. The highest BCUT2D eigenvalue weighted by atomic mass is 32.1. The van der Waals surface area contributed by atoms with Gasteiger partial charge in [0.2, 0.25) is 0 Å². The van der Waals surface area contributed by atoms with Crippen LogP contribution >= 0.6 is 22.9 Å². The standard InChI is InChI=1S/C9H12N4S2/c1-2-7-9(15-13-12-7)8(11-10)6-3-4-14-5-6/h3-5,8,11H,2,10H2,1H3. The fraction of sp³-hybridized carbons (Fsp3) is 0.333. The van der Waals surface area contributed by atoms with Crippen LogP contribution in [0.15, 0.2) is 16.8 Å². The van der Waals surface area contributed by atoms with Crippen LogP contribution in [0.3, 0.4) is 0 Å². The number of nitrogens with two attached hydrogens (primary N) is 1. The summed E-state index contributed by atoms with van der Waals surface area (Å²) in [7, 11) is 0. The van der Waals surface area contributed by atoms with Gasteiger partial charge in [0.15, 0.2) is 0 Å². The average Bonchev–Trinajstić information content (AvgIpc) is 2.89. The van der Waals surface area contributed by atoms with Crippen molar-refractivity contribution in [2.75, 3.05) is 0 Å². The van der Waals surface area contributed by atoms with E-state index in [0.29, 0.717) is 0 Å². The Bertz CT molecular complexity index is 409. The molecule has 0 aromatic carbocycles. The van der Waals surface area contributed by atoms with Gasteiger partial charge in [-0.15, -0.1) is 5.10 Å². The van der Waals surface area contributed by atoms with Crippen molar-refractivity contribution in [2.45, 2.75) is 19.4 Å². The normalized spacial score (nSPS) is 12.9. The second-order valence-electron chi connectivity index (χ2n) is 3.09. The molecule has 0 aliphatic heterocycles. The topological polar surface area (TPSA) is 63.8 Å². The molecule has 2 heterocycles. The molecule has 0 aliphatic rings. The highest BCUT2D eigenvalue weighted by molar-refractivity contribution is 7.08. The fourth-order valence-electron chi connectivity index (χ4n) is 1.44. The number of thiophene rings is 1. The molecule has 0 spiro atoms. The average molecular weight is 240 g/mol. The molecule has 0 amide bonds. The largest absolute Gasteiger partial charge is 0.271 e. The van der Waals surface area contributed by atoms with Gasteiger partial charge in [0.25, 0.3) is 0 Å². The minimum atomic E-state index is 0.0196. The van der Waals surface area contributed by atoms with E-state index in [2.05, 4.69) is 33.4 Å². The summed E-state index contributed by atoms with van der Waals surface area (Å²) in [6.07, 6.45) is 0.883. The lowest BCUT2D eigenvalue weighted by Crippen LogP contribution is -2.28. The van der Waals surface area contributed by atoms with E-state index >= 15 is 0 Å². The van der Waals surface area contributed by atoms with Crippen LogP contribution in [0.5, 0.6) is 0 Å². The predicted molar refractivity (Wildman–Crippen MR) is 62.8 cm³/mol. The van der Waals surface area contributed by atoms with Gasteiger partial charge in [-0.3, -0.25) is 5.84 Å². The molecule has 4 nitrogen and oxygen atoms in total. The van der Waals surface area contributed by atoms with Crippen LogP contribution in [0.4, 0.5) is 0 Å². The minimum Gasteiger partial charge on any atom is -0.271 e. The van der Waals surface area contributed by atoms with Gasteiger partial charge in [-0.2, -0.15) is 11.3 Å². The van der Waals surface area contributed by atoms with Gasteiger partial charge in [0, 0.05) is 0 Å². The van der Waals surface area contributed by atoms with Crippen molar-refractivity contribution in [3.05, 3.63) is 33.0 Å². The number of hydrazine groups is 1. The number of aryl methyl sites for hydroxylation is 1. The highest BCUT2D eigenvalue weighted by Crippen LogP contribution is 2.27. The number of nitrogens with zero attached hydrogens (tertiary/aromatic N) is 2. The zero-order chi connectivity index (χ0) is 10.7. The molecule has 3 N–H and O–H groups in total. The first-order valence-corrected chi connectivity index (χ1v) is 6.37. The summed E-state index contributed by atoms with van der Waals surface area (Å²) in [4.78, 5) is 1.11. The maximum Gasteiger partial charge on any atom is 0.0845 e. The highest BCUT2D eigenvalue weighted by Gasteiger charge is 2.19. The zero-order valence-electron chi connectivity index (χ0n) is 8.30. The lowest BCUT2D eigenvalue weighted by molar-refractivity contribution is 0.641. The maximum atomic E-state index is 5.58. The first-order valence-electron chi connectivity index (χ1n) is 4.66. The van der Waals surface area contributed by atoms with Crippen LogP contribution in [0.2, 0.25) is 0 Å². The first-order chi connectivity index (χ1) is 7.36. The van der Waals surface area contributed by atoms with E-state index in [1.54, 1.807) is 11.3 Å². The predicted octanol–water partition coefficient (Wildman–Crippen LogP) is 1.71. The van der Waals surface area contributed by atoms with Crippen LogP contribution in [0.1, 0.15) is 29.1 Å². The number of rotatable bonds is 4. The molecule has 15 heavy (non-hydrogen) atoms. The quantitative estimate of drug-likeness (QED) is 0.631. The Morgan fingerprint density at radius 1 is 1.60 bits per heavy atom. The third kappa shape index (κ3) is 2.07. The smallest absolute Gasteiger partial charge is 0.0845 e. The van der Waals surface area contributed by atoms with Gasteiger partial charge in [0.1, 0.15) is 0 Å². The van der Waals surface area contributed by atoms with Gasteiger partial charge >= 0.3 is 0 Å². The molecule has 1 atom stereocenters. The molecule has 0 radical (unpaired) electrons. The van der Waals surface area contributed by atoms with E-state index in [4.69, 9.17) is 5.84 Å². The molecule has 2 aromatic rings. The van der Waals surface area contributed by atoms with Gasteiger partial charge in [-0.1, -0.05) is 11.4 Å². The number of hydrogen-bond acceptors (Lipinski definition) is 6. The van der Waals surface area contributed by atoms with Crippen molar-refractivity contribution >= 4 is 22.9 Å². The third-order valence-electron chi connectivity index (χ3n) is 2.23. The Morgan fingerprint density at radius 2 is 2.47 bits per heavy atom. The van der Waals surface area contributed by atoms with Crippen molar-refractivity contribution in [1.29, 1.82) is 0 Å². The molecule has 0 saturated heterocycles. The Balaban J connectivity index is 2.35. The summed E-state index contributed by atoms with van der Waals surface area (Å²) in [6.45, 7) is 2.07. The lowest BCUT2D eigenvalue weighted by atomic mass is 10.1. The summed E-state index contributed by atoms with van der Waals surface area (Å²) >= 11 is 3.07. The third-order valence-corrected chi connectivity index (χ3v) is 3.76. The molecular formula is C9H12N4S2. The molecular weight excluding hydrogens is 228 g/mol. The van der Waals surface area contributed by atoms with Crippen LogP contribution in [-0.2, 0) is 6.42 Å². The Morgan fingerprint density at radius 3 is 3.07 bits per heavy atom. The number of hydrogen-bond donors (Lipinski definition) is 2. The molecule has 2 rings (SSSR count). The molecule has 0 aliphatic carbocycles. The van der Waals surface area contributed by atoms with Gasteiger partial charge in [-0.25, -0.2) is 5.43 Å². The minimum absolute atomic E-state index is 0.0196. The Kier molecular flexibility index (Phi) is 3.42. The van der Waals surface area contributed by atoms with Crippen molar-refractivity contribution < 1.29 is 0 Å². The van der Waals surface area contributed by atoms with E-state index < -0.39 is 0 Å². The lowest BCUT2D eigenvalue weighted by Gasteiger charge is -2.12.